The topological polar surface area (TPSA) is 99.8 Å². The van der Waals surface area contributed by atoms with Crippen molar-refractivity contribution in [3.05, 3.63) is 5.82 Å². The molecule has 0 bridgehead atoms. The first-order chi connectivity index (χ1) is 9.49. The largest absolute Gasteiger partial charge is 0.368 e. The third-order valence-corrected chi connectivity index (χ3v) is 4.91. The van der Waals surface area contributed by atoms with Crippen LogP contribution in [0.2, 0.25) is 0 Å². The quantitative estimate of drug-likeness (QED) is 0.736. The molecule has 1 amide bonds. The van der Waals surface area contributed by atoms with Crippen LogP contribution in [0.1, 0.15) is 56.8 Å². The minimum Gasteiger partial charge on any atom is -0.368 e. The summed E-state index contributed by atoms with van der Waals surface area (Å²) >= 11 is 1.63. The van der Waals surface area contributed by atoms with E-state index in [1.807, 2.05) is 0 Å². The highest BCUT2D eigenvalue weighted by Gasteiger charge is 2.36. The third kappa shape index (κ3) is 2.83. The first-order valence-corrected chi connectivity index (χ1v) is 8.14. The van der Waals surface area contributed by atoms with Crippen LogP contribution in [-0.4, -0.2) is 32.0 Å². The van der Waals surface area contributed by atoms with Crippen LogP contribution in [0.3, 0.4) is 0 Å². The first kappa shape index (κ1) is 13.9. The number of rotatable bonds is 7. The van der Waals surface area contributed by atoms with E-state index in [-0.39, 0.29) is 0 Å². The van der Waals surface area contributed by atoms with E-state index in [0.29, 0.717) is 18.4 Å². The number of carbonyl (C=O) groups is 1. The van der Waals surface area contributed by atoms with Crippen LogP contribution in [-0.2, 0) is 4.79 Å². The first-order valence-electron chi connectivity index (χ1n) is 7.15. The number of thioether (sulfide) groups is 1. The molecule has 0 radical (unpaired) electrons. The lowest BCUT2D eigenvalue weighted by molar-refractivity contribution is -0.122. The molecule has 1 aromatic heterocycles. The van der Waals surface area contributed by atoms with Crippen molar-refractivity contribution < 1.29 is 4.79 Å². The fraction of sp³-hybridized carbons (Fsp3) is 0.769. The van der Waals surface area contributed by atoms with Crippen LogP contribution in [0.25, 0.3) is 0 Å². The van der Waals surface area contributed by atoms with Gasteiger partial charge < -0.3 is 16.0 Å². The van der Waals surface area contributed by atoms with Crippen molar-refractivity contribution in [3.63, 3.8) is 0 Å². The van der Waals surface area contributed by atoms with Gasteiger partial charge in [0.2, 0.25) is 5.91 Å². The smallest absolute Gasteiger partial charge is 0.237 e. The van der Waals surface area contributed by atoms with Crippen LogP contribution >= 0.6 is 11.8 Å². The van der Waals surface area contributed by atoms with Gasteiger partial charge in [-0.25, -0.2) is 0 Å². The fourth-order valence-electron chi connectivity index (χ4n) is 2.16. The number of amides is 1. The highest BCUT2D eigenvalue weighted by atomic mass is 32.2. The maximum absolute atomic E-state index is 11.2. The van der Waals surface area contributed by atoms with Crippen molar-refractivity contribution in [3.8, 4) is 0 Å². The molecule has 4 N–H and O–H groups in total. The minimum atomic E-state index is -0.948. The second-order valence-corrected chi connectivity index (χ2v) is 7.16. The van der Waals surface area contributed by atoms with E-state index in [1.54, 1.807) is 18.7 Å². The van der Waals surface area contributed by atoms with Crippen LogP contribution in [0.5, 0.6) is 0 Å². The maximum atomic E-state index is 11.2. The SMILES string of the molecule is CC(N)(CCSc1nnc(C2CC2)n1C1CC1)C(N)=O. The highest BCUT2D eigenvalue weighted by molar-refractivity contribution is 7.99. The summed E-state index contributed by atoms with van der Waals surface area (Å²) in [5, 5.41) is 9.65. The third-order valence-electron chi connectivity index (χ3n) is 3.96. The highest BCUT2D eigenvalue weighted by Crippen LogP contribution is 2.46. The van der Waals surface area contributed by atoms with Crippen molar-refractivity contribution in [2.45, 2.75) is 61.7 Å². The van der Waals surface area contributed by atoms with Gasteiger partial charge >= 0.3 is 0 Å². The Morgan fingerprint density at radius 3 is 2.65 bits per heavy atom. The Kier molecular flexibility index (Phi) is 3.50. The molecule has 20 heavy (non-hydrogen) atoms. The average molecular weight is 295 g/mol. The molecule has 1 atom stereocenters. The Labute approximate surface area is 122 Å². The van der Waals surface area contributed by atoms with E-state index in [0.717, 1.165) is 16.7 Å². The van der Waals surface area contributed by atoms with E-state index in [2.05, 4.69) is 14.8 Å². The number of nitrogens with zero attached hydrogens (tertiary/aromatic N) is 3. The molecule has 0 spiro atoms. The van der Waals surface area contributed by atoms with E-state index in [4.69, 9.17) is 11.5 Å². The van der Waals surface area contributed by atoms with Crippen molar-refractivity contribution in [2.24, 2.45) is 11.5 Å². The molecule has 1 heterocycles. The van der Waals surface area contributed by atoms with Gasteiger partial charge in [0.25, 0.3) is 0 Å². The summed E-state index contributed by atoms with van der Waals surface area (Å²) in [6.07, 6.45) is 5.46. The summed E-state index contributed by atoms with van der Waals surface area (Å²) in [6, 6.07) is 0.587. The summed E-state index contributed by atoms with van der Waals surface area (Å²) in [5.41, 5.74) is 10.2. The monoisotopic (exact) mass is 295 g/mol. The molecular weight excluding hydrogens is 274 g/mol. The summed E-state index contributed by atoms with van der Waals surface area (Å²) in [7, 11) is 0. The standard InChI is InChI=1S/C13H21N5OS/c1-13(15,11(14)19)6-7-20-12-17-16-10(8-2-3-8)18(12)9-4-5-9/h8-9H,2-7,15H2,1H3,(H2,14,19). The van der Waals surface area contributed by atoms with Crippen LogP contribution in [0.15, 0.2) is 5.16 Å². The summed E-state index contributed by atoms with van der Waals surface area (Å²) in [5.74, 6) is 2.04. The van der Waals surface area contributed by atoms with Crippen LogP contribution in [0.4, 0.5) is 0 Å². The Bertz CT molecular complexity index is 519. The van der Waals surface area contributed by atoms with Crippen molar-refractivity contribution in [1.29, 1.82) is 0 Å². The molecule has 0 aliphatic heterocycles. The molecule has 2 fully saturated rings. The normalized spacial score (nSPS) is 21.7. The summed E-state index contributed by atoms with van der Waals surface area (Å²) in [4.78, 5) is 11.2. The number of aromatic nitrogens is 3. The zero-order valence-corrected chi connectivity index (χ0v) is 12.5. The predicted octanol–water partition coefficient (Wildman–Crippen LogP) is 1.18. The summed E-state index contributed by atoms with van der Waals surface area (Å²) < 4.78 is 2.31. The van der Waals surface area contributed by atoms with Gasteiger partial charge in [-0.05, 0) is 39.0 Å². The lowest BCUT2D eigenvalue weighted by atomic mass is 10.0. The maximum Gasteiger partial charge on any atom is 0.237 e. The number of hydrogen-bond acceptors (Lipinski definition) is 5. The van der Waals surface area contributed by atoms with Crippen molar-refractivity contribution in [1.82, 2.24) is 14.8 Å². The Balaban J connectivity index is 1.64. The van der Waals surface area contributed by atoms with E-state index in [1.165, 1.54) is 25.7 Å². The lowest BCUT2D eigenvalue weighted by Crippen LogP contribution is -2.49. The number of nitrogens with two attached hydrogens (primary N) is 2. The van der Waals surface area contributed by atoms with Gasteiger partial charge in [0, 0.05) is 17.7 Å². The molecule has 7 heteroatoms. The van der Waals surface area contributed by atoms with E-state index < -0.39 is 11.4 Å². The molecule has 2 aliphatic carbocycles. The molecule has 1 aromatic rings. The van der Waals surface area contributed by atoms with Gasteiger partial charge in [-0.3, -0.25) is 4.79 Å². The second-order valence-electron chi connectivity index (χ2n) is 6.10. The molecule has 3 rings (SSSR count). The van der Waals surface area contributed by atoms with E-state index >= 15 is 0 Å². The Morgan fingerprint density at radius 1 is 1.40 bits per heavy atom. The fourth-order valence-corrected chi connectivity index (χ4v) is 3.35. The van der Waals surface area contributed by atoms with Gasteiger partial charge in [0.1, 0.15) is 5.82 Å². The zero-order valence-electron chi connectivity index (χ0n) is 11.7. The van der Waals surface area contributed by atoms with Crippen LogP contribution in [0, 0.1) is 0 Å². The molecule has 0 aromatic carbocycles. The molecular formula is C13H21N5OS. The van der Waals surface area contributed by atoms with Crippen molar-refractivity contribution in [2.75, 3.05) is 5.75 Å². The molecule has 2 aliphatic rings. The molecule has 0 saturated heterocycles. The number of primary amides is 1. The predicted molar refractivity (Wildman–Crippen MR) is 77.4 cm³/mol. The number of hydrogen-bond donors (Lipinski definition) is 2. The zero-order chi connectivity index (χ0) is 14.3. The van der Waals surface area contributed by atoms with Gasteiger partial charge in [0.05, 0.1) is 5.54 Å². The molecule has 110 valence electrons. The van der Waals surface area contributed by atoms with Gasteiger partial charge in [-0.1, -0.05) is 11.8 Å². The second kappa shape index (κ2) is 5.04. The summed E-state index contributed by atoms with van der Waals surface area (Å²) in [6.45, 7) is 1.68. The van der Waals surface area contributed by atoms with Gasteiger partial charge in [-0.15, -0.1) is 10.2 Å². The minimum absolute atomic E-state index is 0.458. The lowest BCUT2D eigenvalue weighted by Gasteiger charge is -2.19. The molecule has 6 nitrogen and oxygen atoms in total. The molecule has 1 unspecified atom stereocenters. The number of carbonyl (C=O) groups excluding carboxylic acids is 1. The Hall–Kier alpha value is -1.08. The van der Waals surface area contributed by atoms with E-state index in [9.17, 15) is 4.79 Å². The van der Waals surface area contributed by atoms with Gasteiger partial charge in [-0.2, -0.15) is 0 Å². The van der Waals surface area contributed by atoms with Crippen molar-refractivity contribution >= 4 is 17.7 Å². The van der Waals surface area contributed by atoms with Gasteiger partial charge in [0.15, 0.2) is 5.16 Å². The average Bonchev–Trinajstić information content (AvgIpc) is 3.28. The molecule has 2 saturated carbocycles. The van der Waals surface area contributed by atoms with Crippen LogP contribution < -0.4 is 11.5 Å². The Morgan fingerprint density at radius 2 is 2.10 bits per heavy atom.